The Morgan fingerprint density at radius 3 is 2.67 bits per heavy atom. The summed E-state index contributed by atoms with van der Waals surface area (Å²) in [5.41, 5.74) is 3.05. The summed E-state index contributed by atoms with van der Waals surface area (Å²) in [4.78, 5) is 21.7. The van der Waals surface area contributed by atoms with Crippen LogP contribution in [-0.4, -0.2) is 21.6 Å². The molecular weight excluding hydrogens is 421 g/mol. The maximum absolute atomic E-state index is 13.9. The first kappa shape index (κ1) is 20.3. The highest BCUT2D eigenvalue weighted by atomic mass is 35.5. The van der Waals surface area contributed by atoms with Crippen molar-refractivity contribution in [3.05, 3.63) is 83.1 Å². The highest BCUT2D eigenvalue weighted by Gasteiger charge is 2.13. The van der Waals surface area contributed by atoms with Gasteiger partial charge in [-0.2, -0.15) is 0 Å². The summed E-state index contributed by atoms with van der Waals surface area (Å²) in [6, 6.07) is 19.3. The molecule has 4 nitrogen and oxygen atoms in total. The molecule has 0 aliphatic rings. The summed E-state index contributed by atoms with van der Waals surface area (Å²) in [5.74, 6) is 0.0699. The van der Waals surface area contributed by atoms with Crippen LogP contribution in [0, 0.1) is 12.7 Å². The number of thioether (sulfide) groups is 1. The number of hydrogen-bond acceptors (Lipinski definition) is 4. The van der Waals surface area contributed by atoms with Crippen LogP contribution in [0.5, 0.6) is 0 Å². The van der Waals surface area contributed by atoms with E-state index in [2.05, 4.69) is 15.3 Å². The van der Waals surface area contributed by atoms with Crippen molar-refractivity contribution in [3.63, 3.8) is 0 Å². The average Bonchev–Trinajstić information content (AvgIpc) is 2.75. The Kier molecular flexibility index (Phi) is 5.97. The number of carbonyl (C=O) groups excluding carboxylic acids is 1. The molecule has 0 radical (unpaired) electrons. The predicted octanol–water partition coefficient (Wildman–Crippen LogP) is 6.13. The van der Waals surface area contributed by atoms with Crippen LogP contribution >= 0.6 is 23.4 Å². The number of nitrogens with one attached hydrogen (secondary N) is 1. The van der Waals surface area contributed by atoms with Crippen LogP contribution < -0.4 is 5.32 Å². The molecule has 1 N–H and O–H groups in total. The van der Waals surface area contributed by atoms with E-state index in [-0.39, 0.29) is 17.5 Å². The van der Waals surface area contributed by atoms with Gasteiger partial charge in [0.25, 0.3) is 0 Å². The molecule has 150 valence electrons. The van der Waals surface area contributed by atoms with E-state index in [4.69, 9.17) is 11.6 Å². The standard InChI is InChI=1S/C23H17ClFN3OS/c1-14-7-8-16(24)11-20(14)26-21(29)13-30-23-18-12-17(25)9-10-19(18)27-22(28-23)15-5-3-2-4-6-15/h2-12H,13H2,1H3,(H,26,29). The Balaban J connectivity index is 1.61. The minimum Gasteiger partial charge on any atom is -0.325 e. The molecule has 0 aliphatic heterocycles. The largest absolute Gasteiger partial charge is 0.325 e. The molecule has 0 saturated heterocycles. The fourth-order valence-corrected chi connectivity index (χ4v) is 3.93. The summed E-state index contributed by atoms with van der Waals surface area (Å²) < 4.78 is 13.9. The minimum absolute atomic E-state index is 0.114. The van der Waals surface area contributed by atoms with Gasteiger partial charge in [-0.1, -0.05) is 59.8 Å². The van der Waals surface area contributed by atoms with Crippen molar-refractivity contribution in [1.82, 2.24) is 9.97 Å². The lowest BCUT2D eigenvalue weighted by Crippen LogP contribution is -2.15. The van der Waals surface area contributed by atoms with Gasteiger partial charge in [-0.05, 0) is 42.8 Å². The van der Waals surface area contributed by atoms with E-state index in [9.17, 15) is 9.18 Å². The normalized spacial score (nSPS) is 10.9. The van der Waals surface area contributed by atoms with E-state index in [0.29, 0.717) is 32.5 Å². The third-order valence-electron chi connectivity index (χ3n) is 4.47. The molecule has 1 aromatic heterocycles. The minimum atomic E-state index is -0.376. The van der Waals surface area contributed by atoms with Gasteiger partial charge in [0, 0.05) is 21.7 Å². The first-order valence-corrected chi connectivity index (χ1v) is 10.6. The molecule has 1 heterocycles. The van der Waals surface area contributed by atoms with Crippen LogP contribution in [0.2, 0.25) is 5.02 Å². The third-order valence-corrected chi connectivity index (χ3v) is 5.69. The number of benzene rings is 3. The maximum Gasteiger partial charge on any atom is 0.234 e. The molecule has 0 unspecified atom stereocenters. The zero-order valence-corrected chi connectivity index (χ0v) is 17.6. The van der Waals surface area contributed by atoms with E-state index in [1.54, 1.807) is 18.2 Å². The van der Waals surface area contributed by atoms with Crippen molar-refractivity contribution < 1.29 is 9.18 Å². The first-order valence-electron chi connectivity index (χ1n) is 9.21. The molecule has 0 aliphatic carbocycles. The fourth-order valence-electron chi connectivity index (χ4n) is 2.95. The predicted molar refractivity (Wildman–Crippen MR) is 120 cm³/mol. The van der Waals surface area contributed by atoms with Crippen molar-refractivity contribution in [3.8, 4) is 11.4 Å². The molecule has 4 aromatic rings. The van der Waals surface area contributed by atoms with Crippen molar-refractivity contribution in [2.75, 3.05) is 11.1 Å². The Hall–Kier alpha value is -2.96. The number of halogens is 2. The lowest BCUT2D eigenvalue weighted by atomic mass is 10.2. The van der Waals surface area contributed by atoms with Crippen molar-refractivity contribution in [2.24, 2.45) is 0 Å². The van der Waals surface area contributed by atoms with Crippen molar-refractivity contribution >= 4 is 45.9 Å². The van der Waals surface area contributed by atoms with Gasteiger partial charge in [0.1, 0.15) is 10.8 Å². The van der Waals surface area contributed by atoms with Gasteiger partial charge in [-0.15, -0.1) is 0 Å². The molecule has 0 spiro atoms. The van der Waals surface area contributed by atoms with E-state index < -0.39 is 0 Å². The van der Waals surface area contributed by atoms with E-state index >= 15 is 0 Å². The topological polar surface area (TPSA) is 54.9 Å². The molecule has 0 atom stereocenters. The zero-order valence-electron chi connectivity index (χ0n) is 16.0. The second kappa shape index (κ2) is 8.81. The van der Waals surface area contributed by atoms with Crippen LogP contribution in [0.4, 0.5) is 10.1 Å². The van der Waals surface area contributed by atoms with Crippen LogP contribution in [0.25, 0.3) is 22.3 Å². The Morgan fingerprint density at radius 2 is 1.87 bits per heavy atom. The summed E-state index contributed by atoms with van der Waals surface area (Å²) >= 11 is 7.26. The van der Waals surface area contributed by atoms with Gasteiger partial charge in [-0.3, -0.25) is 4.79 Å². The summed E-state index contributed by atoms with van der Waals surface area (Å²) in [7, 11) is 0. The van der Waals surface area contributed by atoms with Gasteiger partial charge in [0.05, 0.1) is 11.3 Å². The highest BCUT2D eigenvalue weighted by molar-refractivity contribution is 8.00. The Bertz CT molecular complexity index is 1230. The van der Waals surface area contributed by atoms with Crippen molar-refractivity contribution in [1.29, 1.82) is 0 Å². The fraction of sp³-hybridized carbons (Fsp3) is 0.0870. The van der Waals surface area contributed by atoms with Crippen molar-refractivity contribution in [2.45, 2.75) is 11.9 Å². The molecular formula is C23H17ClFN3OS. The summed E-state index contributed by atoms with van der Waals surface area (Å²) in [6.07, 6.45) is 0. The van der Waals surface area contributed by atoms with Gasteiger partial charge in [0.2, 0.25) is 5.91 Å². The second-order valence-electron chi connectivity index (χ2n) is 6.68. The van der Waals surface area contributed by atoms with E-state index in [1.165, 1.54) is 23.9 Å². The van der Waals surface area contributed by atoms with Gasteiger partial charge in [0.15, 0.2) is 5.82 Å². The van der Waals surface area contributed by atoms with Crippen LogP contribution in [-0.2, 0) is 4.79 Å². The number of anilines is 1. The molecule has 30 heavy (non-hydrogen) atoms. The summed E-state index contributed by atoms with van der Waals surface area (Å²) in [6.45, 7) is 1.89. The number of fused-ring (bicyclic) bond motifs is 1. The van der Waals surface area contributed by atoms with E-state index in [0.717, 1.165) is 11.1 Å². The smallest absolute Gasteiger partial charge is 0.234 e. The lowest BCUT2D eigenvalue weighted by molar-refractivity contribution is -0.113. The van der Waals surface area contributed by atoms with Gasteiger partial charge in [-0.25, -0.2) is 14.4 Å². The summed E-state index contributed by atoms with van der Waals surface area (Å²) in [5, 5.41) is 4.54. The van der Waals surface area contributed by atoms with Crippen LogP contribution in [0.15, 0.2) is 71.8 Å². The molecule has 1 amide bonds. The van der Waals surface area contributed by atoms with Gasteiger partial charge < -0.3 is 5.32 Å². The number of hydrogen-bond donors (Lipinski definition) is 1. The molecule has 0 fully saturated rings. The molecule has 0 saturated carbocycles. The number of nitrogens with zero attached hydrogens (tertiary/aromatic N) is 2. The molecule has 0 bridgehead atoms. The molecule has 7 heteroatoms. The zero-order chi connectivity index (χ0) is 21.1. The monoisotopic (exact) mass is 437 g/mol. The molecule has 3 aromatic carbocycles. The number of aromatic nitrogens is 2. The second-order valence-corrected chi connectivity index (χ2v) is 8.08. The number of aryl methyl sites for hydroxylation is 1. The van der Waals surface area contributed by atoms with Crippen LogP contribution in [0.3, 0.4) is 0 Å². The quantitative estimate of drug-likeness (QED) is 0.301. The Labute approximate surface area is 182 Å². The SMILES string of the molecule is Cc1ccc(Cl)cc1NC(=O)CSc1nc(-c2ccccc2)nc2ccc(F)cc12. The Morgan fingerprint density at radius 1 is 1.07 bits per heavy atom. The maximum atomic E-state index is 13.9. The highest BCUT2D eigenvalue weighted by Crippen LogP contribution is 2.29. The number of carbonyl (C=O) groups is 1. The van der Waals surface area contributed by atoms with Crippen LogP contribution in [0.1, 0.15) is 5.56 Å². The van der Waals surface area contributed by atoms with E-state index in [1.807, 2.05) is 43.3 Å². The average molecular weight is 438 g/mol. The first-order chi connectivity index (χ1) is 14.5. The van der Waals surface area contributed by atoms with Gasteiger partial charge >= 0.3 is 0 Å². The lowest BCUT2D eigenvalue weighted by Gasteiger charge is -2.10. The number of rotatable bonds is 5. The third kappa shape index (κ3) is 4.61. The molecule has 4 rings (SSSR count). The number of amides is 1.